The van der Waals surface area contributed by atoms with Crippen LogP contribution in [-0.4, -0.2) is 142 Å². The standard InChI is InChI=1S/C40H55N7O7/c1-49-30-53-37-11-6-5-10-34(37)35-26-36(38(41)43-42-35)47-15-13-40(54-29-47)12-7-14-45(28-40)21-23-51-33-24-32(25-33)50-22-20-44-16-18-46(19-17-44)39(48)52-27-31-8-3-2-4-9-31/h2-6,8-11,26,32-33H,7,12-25,27-30H2,1H3,(H2,41,43). The van der Waals surface area contributed by atoms with Gasteiger partial charge in [0.1, 0.15) is 19.1 Å². The lowest BCUT2D eigenvalue weighted by atomic mass is 9.88. The molecular formula is C40H55N7O7. The maximum Gasteiger partial charge on any atom is 0.410 e. The van der Waals surface area contributed by atoms with Gasteiger partial charge in [0.15, 0.2) is 12.6 Å². The summed E-state index contributed by atoms with van der Waals surface area (Å²) in [6.07, 6.45) is 5.26. The van der Waals surface area contributed by atoms with Gasteiger partial charge in [-0.25, -0.2) is 4.79 Å². The average molecular weight is 746 g/mol. The molecule has 292 valence electrons. The van der Waals surface area contributed by atoms with E-state index in [9.17, 15) is 4.79 Å². The lowest BCUT2D eigenvalue weighted by Gasteiger charge is -2.48. The maximum atomic E-state index is 12.5. The number of nitrogen functional groups attached to an aromatic ring is 1. The number of methoxy groups -OCH3 is 1. The highest BCUT2D eigenvalue weighted by Gasteiger charge is 2.40. The van der Waals surface area contributed by atoms with Crippen LogP contribution in [0.4, 0.5) is 16.3 Å². The van der Waals surface area contributed by atoms with Crippen LogP contribution >= 0.6 is 0 Å². The summed E-state index contributed by atoms with van der Waals surface area (Å²) in [6, 6.07) is 19.5. The zero-order valence-corrected chi connectivity index (χ0v) is 31.5. The fourth-order valence-corrected chi connectivity index (χ4v) is 7.74. The Morgan fingerprint density at radius 3 is 2.37 bits per heavy atom. The topological polar surface area (TPSA) is 137 Å². The second-order valence-electron chi connectivity index (χ2n) is 14.7. The zero-order chi connectivity index (χ0) is 37.2. The smallest absolute Gasteiger partial charge is 0.410 e. The van der Waals surface area contributed by atoms with Crippen molar-refractivity contribution in [3.8, 4) is 17.0 Å². The quantitative estimate of drug-likeness (QED) is 0.222. The Labute approximate surface area is 318 Å². The molecule has 1 aliphatic carbocycles. The van der Waals surface area contributed by atoms with Crippen LogP contribution in [-0.2, 0) is 30.3 Å². The van der Waals surface area contributed by atoms with Gasteiger partial charge in [0.25, 0.3) is 0 Å². The summed E-state index contributed by atoms with van der Waals surface area (Å²) >= 11 is 0. The molecule has 4 fully saturated rings. The molecule has 54 heavy (non-hydrogen) atoms. The van der Waals surface area contributed by atoms with E-state index in [-0.39, 0.29) is 30.7 Å². The third-order valence-corrected chi connectivity index (χ3v) is 11.0. The summed E-state index contributed by atoms with van der Waals surface area (Å²) in [4.78, 5) is 21.3. The predicted molar refractivity (Wildman–Crippen MR) is 204 cm³/mol. The van der Waals surface area contributed by atoms with Crippen LogP contribution < -0.4 is 15.4 Å². The molecule has 1 saturated carbocycles. The largest absolute Gasteiger partial charge is 0.467 e. The molecule has 1 amide bonds. The van der Waals surface area contributed by atoms with E-state index in [1.807, 2.05) is 60.7 Å². The van der Waals surface area contributed by atoms with E-state index < -0.39 is 0 Å². The summed E-state index contributed by atoms with van der Waals surface area (Å²) in [5.74, 6) is 1.06. The lowest BCUT2D eigenvalue weighted by Crippen LogP contribution is -2.56. The van der Waals surface area contributed by atoms with Gasteiger partial charge in [0.2, 0.25) is 0 Å². The van der Waals surface area contributed by atoms with Gasteiger partial charge in [-0.2, -0.15) is 0 Å². The minimum atomic E-state index is -0.238. The highest BCUT2D eigenvalue weighted by Crippen LogP contribution is 2.37. The number of amides is 1. The number of likely N-dealkylation sites (tertiary alicyclic amines) is 1. The average Bonchev–Trinajstić information content (AvgIpc) is 3.19. The number of piperidine rings is 1. The van der Waals surface area contributed by atoms with Crippen LogP contribution in [0.2, 0.25) is 0 Å². The SMILES string of the molecule is COCOc1ccccc1-c1cc(N2CCC3(CCCN(CCOC4CC(OCCN5CCN(C(=O)OCc6ccccc6)CC5)C4)C3)OC2)c(N)nn1. The number of aromatic nitrogens is 2. The molecule has 3 aromatic rings. The number of rotatable bonds is 15. The number of ether oxygens (including phenoxy) is 6. The van der Waals surface area contributed by atoms with Gasteiger partial charge in [0, 0.05) is 65.0 Å². The lowest BCUT2D eigenvalue weighted by molar-refractivity contribution is -0.124. The molecule has 2 aromatic carbocycles. The third-order valence-electron chi connectivity index (χ3n) is 11.0. The van der Waals surface area contributed by atoms with Gasteiger partial charge in [-0.3, -0.25) is 9.80 Å². The highest BCUT2D eigenvalue weighted by atomic mass is 16.7. The molecular weight excluding hydrogens is 690 g/mol. The van der Waals surface area contributed by atoms with Crippen LogP contribution in [0.15, 0.2) is 60.7 Å². The number of hydrogen-bond donors (Lipinski definition) is 1. The Balaban J connectivity index is 0.764. The van der Waals surface area contributed by atoms with Crippen molar-refractivity contribution in [1.82, 2.24) is 24.9 Å². The number of para-hydroxylation sites is 1. The minimum Gasteiger partial charge on any atom is -0.467 e. The van der Waals surface area contributed by atoms with Crippen LogP contribution in [0.3, 0.4) is 0 Å². The first kappa shape index (κ1) is 38.2. The van der Waals surface area contributed by atoms with E-state index in [2.05, 4.69) is 24.9 Å². The molecule has 4 heterocycles. The third kappa shape index (κ3) is 9.97. The number of benzene rings is 2. The molecule has 1 unspecified atom stereocenters. The molecule has 14 heteroatoms. The van der Waals surface area contributed by atoms with Crippen molar-refractivity contribution in [3.05, 3.63) is 66.2 Å². The van der Waals surface area contributed by atoms with Crippen LogP contribution in [0.5, 0.6) is 5.75 Å². The van der Waals surface area contributed by atoms with Crippen LogP contribution in [0, 0.1) is 0 Å². The van der Waals surface area contributed by atoms with Crippen molar-refractivity contribution in [2.24, 2.45) is 0 Å². The minimum absolute atomic E-state index is 0.146. The normalized spacial score (nSPS) is 23.6. The highest BCUT2D eigenvalue weighted by molar-refractivity contribution is 5.74. The van der Waals surface area contributed by atoms with Crippen LogP contribution in [0.1, 0.15) is 37.7 Å². The Morgan fingerprint density at radius 1 is 0.889 bits per heavy atom. The van der Waals surface area contributed by atoms with E-state index in [1.54, 1.807) is 12.0 Å². The predicted octanol–water partition coefficient (Wildman–Crippen LogP) is 4.25. The first-order valence-electron chi connectivity index (χ1n) is 19.3. The fourth-order valence-electron chi connectivity index (χ4n) is 7.74. The molecule has 2 N–H and O–H groups in total. The number of carbonyl (C=O) groups is 1. The second-order valence-corrected chi connectivity index (χ2v) is 14.7. The molecule has 7 rings (SSSR count). The molecule has 3 saturated heterocycles. The van der Waals surface area contributed by atoms with Gasteiger partial charge < -0.3 is 44.0 Å². The summed E-state index contributed by atoms with van der Waals surface area (Å²) in [5.41, 5.74) is 9.50. The Hall–Kier alpha value is -4.05. The summed E-state index contributed by atoms with van der Waals surface area (Å²) in [5, 5.41) is 8.65. The molecule has 0 radical (unpaired) electrons. The van der Waals surface area contributed by atoms with Crippen molar-refractivity contribution < 1.29 is 33.2 Å². The first-order valence-corrected chi connectivity index (χ1v) is 19.3. The van der Waals surface area contributed by atoms with Crippen LogP contribution in [0.25, 0.3) is 11.3 Å². The monoisotopic (exact) mass is 745 g/mol. The van der Waals surface area contributed by atoms with E-state index in [0.717, 1.165) is 101 Å². The molecule has 0 bridgehead atoms. The molecule has 14 nitrogen and oxygen atoms in total. The Kier molecular flexibility index (Phi) is 13.1. The van der Waals surface area contributed by atoms with Gasteiger partial charge in [0.05, 0.1) is 42.4 Å². The molecule has 1 atom stereocenters. The molecule has 1 spiro atoms. The van der Waals surface area contributed by atoms with Crippen molar-refractivity contribution in [3.63, 3.8) is 0 Å². The van der Waals surface area contributed by atoms with E-state index in [0.29, 0.717) is 50.3 Å². The fraction of sp³-hybridized carbons (Fsp3) is 0.575. The second kappa shape index (κ2) is 18.5. The number of piperazine rings is 1. The number of hydrogen-bond acceptors (Lipinski definition) is 13. The van der Waals surface area contributed by atoms with E-state index in [1.165, 1.54) is 0 Å². The zero-order valence-electron chi connectivity index (χ0n) is 31.5. The van der Waals surface area contributed by atoms with Crippen molar-refractivity contribution in [2.75, 3.05) is 103 Å². The van der Waals surface area contributed by atoms with E-state index in [4.69, 9.17) is 34.2 Å². The number of nitrogens with zero attached hydrogens (tertiary/aromatic N) is 6. The summed E-state index contributed by atoms with van der Waals surface area (Å²) in [7, 11) is 1.59. The van der Waals surface area contributed by atoms with Gasteiger partial charge >= 0.3 is 6.09 Å². The Bertz CT molecular complexity index is 1630. The van der Waals surface area contributed by atoms with Crippen molar-refractivity contribution >= 4 is 17.6 Å². The van der Waals surface area contributed by atoms with E-state index >= 15 is 0 Å². The molecule has 4 aliphatic rings. The number of carbonyl (C=O) groups excluding carboxylic acids is 1. The summed E-state index contributed by atoms with van der Waals surface area (Å²) in [6.45, 7) is 9.91. The van der Waals surface area contributed by atoms with Crippen molar-refractivity contribution in [1.29, 1.82) is 0 Å². The number of nitrogens with two attached hydrogens (primary N) is 1. The first-order chi connectivity index (χ1) is 26.5. The molecule has 3 aliphatic heterocycles. The Morgan fingerprint density at radius 2 is 1.63 bits per heavy atom. The summed E-state index contributed by atoms with van der Waals surface area (Å²) < 4.78 is 35.4. The van der Waals surface area contributed by atoms with Crippen molar-refractivity contribution in [2.45, 2.75) is 56.5 Å². The molecule has 1 aromatic heterocycles. The van der Waals surface area contributed by atoms with Gasteiger partial charge in [-0.15, -0.1) is 10.2 Å². The van der Waals surface area contributed by atoms with Gasteiger partial charge in [-0.05, 0) is 62.4 Å². The number of anilines is 2. The van der Waals surface area contributed by atoms with Gasteiger partial charge in [-0.1, -0.05) is 42.5 Å². The maximum absolute atomic E-state index is 12.5.